The number of rotatable bonds is 15. The van der Waals surface area contributed by atoms with Crippen LogP contribution < -0.4 is 0 Å². The van der Waals surface area contributed by atoms with Crippen molar-refractivity contribution in [2.45, 2.75) is 89.8 Å². The molecule has 0 spiro atoms. The van der Waals surface area contributed by atoms with Crippen LogP contribution in [0.3, 0.4) is 0 Å². The van der Waals surface area contributed by atoms with Crippen LogP contribution in [0.2, 0.25) is 0 Å². The highest BCUT2D eigenvalue weighted by Gasteiger charge is 2.22. The molecule has 0 saturated heterocycles. The van der Waals surface area contributed by atoms with Gasteiger partial charge in [0.15, 0.2) is 5.78 Å². The lowest BCUT2D eigenvalue weighted by Gasteiger charge is -2.15. The lowest BCUT2D eigenvalue weighted by Crippen LogP contribution is -2.33. The molecule has 0 radical (unpaired) electrons. The monoisotopic (exact) mass is 328 g/mol. The number of allylic oxidation sites excluding steroid dienone is 1. The number of carbonyl (C=O) groups excluding carboxylic acids is 1. The molecule has 5 nitrogen and oxygen atoms in total. The lowest BCUT2D eigenvalue weighted by atomic mass is 10.0. The Morgan fingerprint density at radius 1 is 0.913 bits per heavy atom. The maximum Gasteiger partial charge on any atom is 0.303 e. The van der Waals surface area contributed by atoms with E-state index >= 15 is 0 Å². The molecule has 0 aliphatic carbocycles. The molecule has 0 amide bonds. The molecule has 0 aromatic heterocycles. The number of carboxylic acids is 1. The fourth-order valence-electron chi connectivity index (χ4n) is 2.29. The molecule has 0 bridgehead atoms. The van der Waals surface area contributed by atoms with E-state index < -0.39 is 18.2 Å². The van der Waals surface area contributed by atoms with Gasteiger partial charge in [0.2, 0.25) is 0 Å². The van der Waals surface area contributed by atoms with E-state index in [1.807, 2.05) is 12.2 Å². The van der Waals surface area contributed by atoms with E-state index in [9.17, 15) is 19.8 Å². The summed E-state index contributed by atoms with van der Waals surface area (Å²) in [5.41, 5.74) is 0. The zero-order valence-corrected chi connectivity index (χ0v) is 14.2. The number of aliphatic hydroxyl groups excluding tert-OH is 2. The Morgan fingerprint density at radius 2 is 1.57 bits per heavy atom. The number of ketones is 1. The smallest absolute Gasteiger partial charge is 0.303 e. The van der Waals surface area contributed by atoms with Gasteiger partial charge in [0.25, 0.3) is 0 Å². The Morgan fingerprint density at radius 3 is 2.17 bits per heavy atom. The molecule has 23 heavy (non-hydrogen) atoms. The number of hydrogen-bond acceptors (Lipinski definition) is 4. The summed E-state index contributed by atoms with van der Waals surface area (Å²) in [6.07, 6.45) is 9.29. The fraction of sp³-hybridized carbons (Fsp3) is 0.778. The molecule has 0 rings (SSSR count). The van der Waals surface area contributed by atoms with Crippen molar-refractivity contribution in [2.75, 3.05) is 0 Å². The third kappa shape index (κ3) is 13.0. The van der Waals surface area contributed by atoms with E-state index in [1.165, 1.54) is 12.8 Å². The van der Waals surface area contributed by atoms with Gasteiger partial charge in [-0.05, 0) is 32.1 Å². The molecule has 0 aliphatic rings. The SMILES string of the molecule is CCCCC/C=C/CC(O)C(O)C(=O)CCCCCCC(=O)O. The largest absolute Gasteiger partial charge is 0.481 e. The zero-order chi connectivity index (χ0) is 17.5. The summed E-state index contributed by atoms with van der Waals surface area (Å²) >= 11 is 0. The first-order valence-corrected chi connectivity index (χ1v) is 8.74. The lowest BCUT2D eigenvalue weighted by molar-refractivity contribution is -0.137. The number of carbonyl (C=O) groups is 2. The van der Waals surface area contributed by atoms with Crippen molar-refractivity contribution in [3.05, 3.63) is 12.2 Å². The summed E-state index contributed by atoms with van der Waals surface area (Å²) in [7, 11) is 0. The molecular weight excluding hydrogens is 296 g/mol. The van der Waals surface area contributed by atoms with Crippen LogP contribution >= 0.6 is 0 Å². The van der Waals surface area contributed by atoms with E-state index in [-0.39, 0.29) is 25.0 Å². The molecule has 3 N–H and O–H groups in total. The molecular formula is C18H32O5. The highest BCUT2D eigenvalue weighted by atomic mass is 16.4. The first kappa shape index (κ1) is 21.8. The number of hydrogen-bond donors (Lipinski definition) is 3. The predicted octanol–water partition coefficient (Wildman–Crippen LogP) is 3.23. The van der Waals surface area contributed by atoms with Crippen LogP contribution in [0.4, 0.5) is 0 Å². The van der Waals surface area contributed by atoms with Gasteiger partial charge in [-0.15, -0.1) is 0 Å². The van der Waals surface area contributed by atoms with Crippen molar-refractivity contribution in [3.63, 3.8) is 0 Å². The number of unbranched alkanes of at least 4 members (excludes halogenated alkanes) is 6. The van der Waals surface area contributed by atoms with Crippen molar-refractivity contribution in [1.29, 1.82) is 0 Å². The van der Waals surface area contributed by atoms with Crippen molar-refractivity contribution < 1.29 is 24.9 Å². The normalized spacial score (nSPS) is 14.0. The van der Waals surface area contributed by atoms with Crippen LogP contribution in [0.5, 0.6) is 0 Å². The van der Waals surface area contributed by atoms with Crippen molar-refractivity contribution >= 4 is 11.8 Å². The summed E-state index contributed by atoms with van der Waals surface area (Å²) in [6.45, 7) is 2.14. The molecule has 0 aliphatic heterocycles. The first-order chi connectivity index (χ1) is 11.0. The topological polar surface area (TPSA) is 94.8 Å². The molecule has 2 atom stereocenters. The van der Waals surface area contributed by atoms with Crippen molar-refractivity contribution in [2.24, 2.45) is 0 Å². The van der Waals surface area contributed by atoms with Gasteiger partial charge in [-0.1, -0.05) is 44.8 Å². The van der Waals surface area contributed by atoms with Gasteiger partial charge in [0.05, 0.1) is 6.10 Å². The van der Waals surface area contributed by atoms with Crippen molar-refractivity contribution in [3.8, 4) is 0 Å². The first-order valence-electron chi connectivity index (χ1n) is 8.74. The molecule has 5 heteroatoms. The van der Waals surface area contributed by atoms with Crippen LogP contribution in [-0.2, 0) is 9.59 Å². The molecule has 134 valence electrons. The molecule has 0 saturated carbocycles. The van der Waals surface area contributed by atoms with E-state index in [0.29, 0.717) is 12.8 Å². The van der Waals surface area contributed by atoms with Gasteiger partial charge in [0, 0.05) is 12.8 Å². The Kier molecular flexibility index (Phi) is 13.6. The van der Waals surface area contributed by atoms with E-state index in [0.717, 1.165) is 25.7 Å². The van der Waals surface area contributed by atoms with Gasteiger partial charge in [-0.2, -0.15) is 0 Å². The Bertz CT molecular complexity index is 351. The second-order valence-corrected chi connectivity index (χ2v) is 5.99. The summed E-state index contributed by atoms with van der Waals surface area (Å²) in [5, 5.41) is 28.1. The van der Waals surface area contributed by atoms with Gasteiger partial charge >= 0.3 is 5.97 Å². The quantitative estimate of drug-likeness (QED) is 0.317. The number of carboxylic acid groups (broad SMARTS) is 1. The third-order valence-electron chi connectivity index (χ3n) is 3.78. The zero-order valence-electron chi connectivity index (χ0n) is 14.2. The molecule has 0 heterocycles. The molecule has 2 unspecified atom stereocenters. The Hall–Kier alpha value is -1.20. The summed E-state index contributed by atoms with van der Waals surface area (Å²) < 4.78 is 0. The second kappa shape index (κ2) is 14.4. The highest BCUT2D eigenvalue weighted by Crippen LogP contribution is 2.10. The summed E-state index contributed by atoms with van der Waals surface area (Å²) in [4.78, 5) is 22.1. The van der Waals surface area contributed by atoms with Crippen LogP contribution in [-0.4, -0.2) is 39.3 Å². The van der Waals surface area contributed by atoms with E-state index in [1.54, 1.807) is 0 Å². The molecule has 0 aromatic carbocycles. The molecule has 0 aromatic rings. The maximum absolute atomic E-state index is 11.8. The predicted molar refractivity (Wildman–Crippen MR) is 90.3 cm³/mol. The number of aliphatic carboxylic acids is 1. The highest BCUT2D eigenvalue weighted by molar-refractivity contribution is 5.83. The number of aliphatic hydroxyl groups is 2. The average Bonchev–Trinajstić information content (AvgIpc) is 2.52. The van der Waals surface area contributed by atoms with E-state index in [4.69, 9.17) is 5.11 Å². The van der Waals surface area contributed by atoms with Crippen LogP contribution in [0, 0.1) is 0 Å². The van der Waals surface area contributed by atoms with Crippen molar-refractivity contribution in [1.82, 2.24) is 0 Å². The molecule has 0 fully saturated rings. The standard InChI is InChI=1S/C18H32O5/c1-2-3-4-5-6-9-12-15(19)18(23)16(20)13-10-7-8-11-14-17(21)22/h6,9,15,18-19,23H,2-5,7-8,10-14H2,1H3,(H,21,22)/b9-6+. The Balaban J connectivity index is 3.75. The second-order valence-electron chi connectivity index (χ2n) is 5.99. The van der Waals surface area contributed by atoms with Crippen LogP contribution in [0.1, 0.15) is 77.6 Å². The minimum atomic E-state index is -1.32. The third-order valence-corrected chi connectivity index (χ3v) is 3.78. The average molecular weight is 328 g/mol. The number of Topliss-reactive ketones (excluding diaryl/α,β-unsaturated/α-hetero) is 1. The Labute approximate surface area is 139 Å². The minimum absolute atomic E-state index is 0.153. The van der Waals surface area contributed by atoms with Gasteiger partial charge in [-0.25, -0.2) is 0 Å². The van der Waals surface area contributed by atoms with Crippen LogP contribution in [0.25, 0.3) is 0 Å². The van der Waals surface area contributed by atoms with Crippen LogP contribution in [0.15, 0.2) is 12.2 Å². The van der Waals surface area contributed by atoms with E-state index in [2.05, 4.69) is 6.92 Å². The summed E-state index contributed by atoms with van der Waals surface area (Å²) in [6, 6.07) is 0. The minimum Gasteiger partial charge on any atom is -0.481 e. The van der Waals surface area contributed by atoms with Gasteiger partial charge in [0.1, 0.15) is 6.10 Å². The van der Waals surface area contributed by atoms with Gasteiger partial charge < -0.3 is 15.3 Å². The van der Waals surface area contributed by atoms with Gasteiger partial charge in [-0.3, -0.25) is 9.59 Å². The maximum atomic E-state index is 11.8. The fourth-order valence-corrected chi connectivity index (χ4v) is 2.29. The summed E-state index contributed by atoms with van der Waals surface area (Å²) in [5.74, 6) is -1.14.